The SMILES string of the molecule is c1ccc(-c2ccc(N(c3ccc(-c4ccc(N(c5ccc(-c6ccccc6)cc5)c5ccc(N(c6ccccc6)c6cccc7ccccc67)cc5)cc4)cc3)c3ccc(N(c4ccccc4)c4cccc5ccccc45)cc3)cc2)cc1. The lowest BCUT2D eigenvalue weighted by molar-refractivity contribution is 1.26. The Morgan fingerprint density at radius 2 is 0.333 bits per heavy atom. The maximum Gasteiger partial charge on any atom is 0.0540 e. The lowest BCUT2D eigenvalue weighted by Crippen LogP contribution is -2.12. The average Bonchev–Trinajstić information content (AvgIpc) is 2.69. The molecule has 84 heavy (non-hydrogen) atoms. The van der Waals surface area contributed by atoms with Crippen LogP contribution in [0.2, 0.25) is 0 Å². The number of hydrogen-bond donors (Lipinski definition) is 0. The summed E-state index contributed by atoms with van der Waals surface area (Å²) in [5.74, 6) is 0. The van der Waals surface area contributed by atoms with Gasteiger partial charge in [-0.2, -0.15) is 0 Å². The summed E-state index contributed by atoms with van der Waals surface area (Å²) in [5.41, 5.74) is 20.0. The summed E-state index contributed by atoms with van der Waals surface area (Å²) < 4.78 is 0. The van der Waals surface area contributed by atoms with Gasteiger partial charge in [-0.05, 0) is 178 Å². The third-order valence-corrected chi connectivity index (χ3v) is 15.8. The van der Waals surface area contributed by atoms with Crippen molar-refractivity contribution < 1.29 is 0 Å². The molecule has 0 bridgehead atoms. The quantitative estimate of drug-likeness (QED) is 0.101. The van der Waals surface area contributed by atoms with Gasteiger partial charge in [-0.3, -0.25) is 0 Å². The van der Waals surface area contributed by atoms with Crippen LogP contribution in [-0.2, 0) is 0 Å². The van der Waals surface area contributed by atoms with E-state index in [2.05, 4.69) is 371 Å². The summed E-state index contributed by atoms with van der Waals surface area (Å²) in [7, 11) is 0. The highest BCUT2D eigenvalue weighted by Gasteiger charge is 2.21. The molecule has 0 aliphatic carbocycles. The van der Waals surface area contributed by atoms with Gasteiger partial charge in [0.1, 0.15) is 0 Å². The molecule has 0 amide bonds. The molecule has 14 rings (SSSR count). The fourth-order valence-electron chi connectivity index (χ4n) is 11.7. The van der Waals surface area contributed by atoms with Crippen molar-refractivity contribution in [1.82, 2.24) is 0 Å². The van der Waals surface area contributed by atoms with Crippen molar-refractivity contribution in [3.05, 3.63) is 352 Å². The summed E-state index contributed by atoms with van der Waals surface area (Å²) >= 11 is 0. The molecule has 4 heteroatoms. The van der Waals surface area contributed by atoms with Crippen LogP contribution in [-0.4, -0.2) is 0 Å². The summed E-state index contributed by atoms with van der Waals surface area (Å²) in [6, 6.07) is 126. The largest absolute Gasteiger partial charge is 0.311 e. The molecule has 0 spiro atoms. The lowest BCUT2D eigenvalue weighted by atomic mass is 10.0. The standard InChI is InChI=1S/C80H58N4/c1-5-19-59(20-6-1)61-35-43-69(44-36-61)81(73-51-55-75(56-52-73)83(67-27-9-3-10-28-67)79-33-17-25-65-23-13-15-31-77(65)79)71-47-39-63(40-48-71)64-41-49-72(50-42-64)82(70-45-37-62(38-46-70)60-21-7-2-8-22-60)74-53-57-76(58-54-74)84(68-29-11-4-12-30-68)80-34-18-26-66-24-14-16-32-78(66)80/h1-58H. The summed E-state index contributed by atoms with van der Waals surface area (Å²) in [5, 5.41) is 4.80. The van der Waals surface area contributed by atoms with Crippen LogP contribution in [0, 0.1) is 0 Å². The van der Waals surface area contributed by atoms with Crippen LogP contribution in [0.1, 0.15) is 0 Å². The number of benzene rings is 14. The molecule has 398 valence electrons. The van der Waals surface area contributed by atoms with Gasteiger partial charge in [-0.15, -0.1) is 0 Å². The molecule has 0 aliphatic rings. The molecule has 0 heterocycles. The van der Waals surface area contributed by atoms with Crippen molar-refractivity contribution in [2.75, 3.05) is 19.6 Å². The van der Waals surface area contributed by atoms with E-state index in [4.69, 9.17) is 0 Å². The highest BCUT2D eigenvalue weighted by Crippen LogP contribution is 2.45. The van der Waals surface area contributed by atoms with Crippen LogP contribution in [0.25, 0.3) is 54.9 Å². The molecule has 0 aromatic heterocycles. The van der Waals surface area contributed by atoms with E-state index in [0.717, 1.165) is 79.4 Å². The first kappa shape index (κ1) is 51.0. The first-order valence-corrected chi connectivity index (χ1v) is 28.6. The molecule has 0 fully saturated rings. The highest BCUT2D eigenvalue weighted by atomic mass is 15.2. The second kappa shape index (κ2) is 23.1. The Morgan fingerprint density at radius 1 is 0.131 bits per heavy atom. The molecule has 0 saturated heterocycles. The zero-order chi connectivity index (χ0) is 56.0. The Bertz CT molecular complexity index is 4170. The molecule has 0 aliphatic heterocycles. The number of nitrogens with zero attached hydrogens (tertiary/aromatic N) is 4. The summed E-state index contributed by atoms with van der Waals surface area (Å²) in [4.78, 5) is 9.42. The third kappa shape index (κ3) is 10.3. The van der Waals surface area contributed by atoms with Crippen LogP contribution in [0.3, 0.4) is 0 Å². The number of para-hydroxylation sites is 2. The number of fused-ring (bicyclic) bond motifs is 2. The van der Waals surface area contributed by atoms with Gasteiger partial charge in [0.25, 0.3) is 0 Å². The maximum absolute atomic E-state index is 2.36. The fourth-order valence-corrected chi connectivity index (χ4v) is 11.7. The van der Waals surface area contributed by atoms with Crippen molar-refractivity contribution >= 4 is 89.8 Å². The number of hydrogen-bond acceptors (Lipinski definition) is 4. The van der Waals surface area contributed by atoms with Crippen molar-refractivity contribution in [3.8, 4) is 33.4 Å². The molecule has 0 N–H and O–H groups in total. The fraction of sp³-hybridized carbons (Fsp3) is 0. The number of rotatable bonds is 15. The Kier molecular flexibility index (Phi) is 14.0. The van der Waals surface area contributed by atoms with Gasteiger partial charge >= 0.3 is 0 Å². The van der Waals surface area contributed by atoms with Crippen molar-refractivity contribution in [2.45, 2.75) is 0 Å². The van der Waals surface area contributed by atoms with Crippen molar-refractivity contribution in [3.63, 3.8) is 0 Å². The Labute approximate surface area is 491 Å². The van der Waals surface area contributed by atoms with Gasteiger partial charge in [0.05, 0.1) is 11.4 Å². The molecule has 0 unspecified atom stereocenters. The third-order valence-electron chi connectivity index (χ3n) is 15.8. The van der Waals surface area contributed by atoms with E-state index in [-0.39, 0.29) is 0 Å². The Hall–Kier alpha value is -11.2. The highest BCUT2D eigenvalue weighted by molar-refractivity contribution is 6.00. The Morgan fingerprint density at radius 3 is 0.631 bits per heavy atom. The van der Waals surface area contributed by atoms with E-state index in [1.54, 1.807) is 0 Å². The zero-order valence-corrected chi connectivity index (χ0v) is 46.3. The summed E-state index contributed by atoms with van der Waals surface area (Å²) in [6.07, 6.45) is 0. The Balaban J connectivity index is 0.801. The van der Waals surface area contributed by atoms with Crippen LogP contribution in [0.15, 0.2) is 352 Å². The van der Waals surface area contributed by atoms with E-state index >= 15 is 0 Å². The van der Waals surface area contributed by atoms with Crippen LogP contribution >= 0.6 is 0 Å². The topological polar surface area (TPSA) is 13.0 Å². The van der Waals surface area contributed by atoms with E-state index in [1.807, 2.05) is 0 Å². The van der Waals surface area contributed by atoms with Gasteiger partial charge in [0, 0.05) is 67.6 Å². The molecule has 0 saturated carbocycles. The molecular formula is C80H58N4. The van der Waals surface area contributed by atoms with E-state index in [0.29, 0.717) is 0 Å². The average molecular weight is 1080 g/mol. The van der Waals surface area contributed by atoms with Gasteiger partial charge in [0.2, 0.25) is 0 Å². The first-order valence-electron chi connectivity index (χ1n) is 28.6. The van der Waals surface area contributed by atoms with E-state index < -0.39 is 0 Å². The van der Waals surface area contributed by atoms with Crippen molar-refractivity contribution in [1.29, 1.82) is 0 Å². The monoisotopic (exact) mass is 1070 g/mol. The van der Waals surface area contributed by atoms with Gasteiger partial charge in [0.15, 0.2) is 0 Å². The van der Waals surface area contributed by atoms with Gasteiger partial charge in [-0.1, -0.05) is 218 Å². The lowest BCUT2D eigenvalue weighted by Gasteiger charge is -2.29. The first-order chi connectivity index (χ1) is 41.7. The second-order valence-electron chi connectivity index (χ2n) is 21.0. The molecule has 14 aromatic carbocycles. The number of anilines is 12. The molecule has 14 aromatic rings. The van der Waals surface area contributed by atoms with Crippen LogP contribution < -0.4 is 19.6 Å². The molecule has 0 atom stereocenters. The maximum atomic E-state index is 2.36. The molecule has 0 radical (unpaired) electrons. The van der Waals surface area contributed by atoms with E-state index in [1.165, 1.54) is 43.8 Å². The van der Waals surface area contributed by atoms with Gasteiger partial charge < -0.3 is 19.6 Å². The minimum absolute atomic E-state index is 1.06. The smallest absolute Gasteiger partial charge is 0.0540 e. The van der Waals surface area contributed by atoms with Crippen LogP contribution in [0.4, 0.5) is 68.2 Å². The predicted molar refractivity (Wildman–Crippen MR) is 356 cm³/mol. The second-order valence-corrected chi connectivity index (χ2v) is 21.0. The minimum Gasteiger partial charge on any atom is -0.311 e. The predicted octanol–water partition coefficient (Wildman–Crippen LogP) is 22.9. The van der Waals surface area contributed by atoms with Gasteiger partial charge in [-0.25, -0.2) is 0 Å². The van der Waals surface area contributed by atoms with Crippen molar-refractivity contribution in [2.24, 2.45) is 0 Å². The minimum atomic E-state index is 1.06. The zero-order valence-electron chi connectivity index (χ0n) is 46.3. The summed E-state index contributed by atoms with van der Waals surface area (Å²) in [6.45, 7) is 0. The molecular weight excluding hydrogens is 1020 g/mol. The normalized spacial score (nSPS) is 11.1. The van der Waals surface area contributed by atoms with E-state index in [9.17, 15) is 0 Å². The molecule has 4 nitrogen and oxygen atoms in total. The van der Waals surface area contributed by atoms with Crippen LogP contribution in [0.5, 0.6) is 0 Å².